The van der Waals surface area contributed by atoms with Crippen molar-refractivity contribution in [3.63, 3.8) is 0 Å². The monoisotopic (exact) mass is 411 g/mol. The van der Waals surface area contributed by atoms with E-state index >= 15 is 0 Å². The zero-order chi connectivity index (χ0) is 21.1. The average Bonchev–Trinajstić information content (AvgIpc) is 3.16. The number of nitrogens with zero attached hydrogens (tertiary/aromatic N) is 2. The van der Waals surface area contributed by atoms with E-state index in [4.69, 9.17) is 4.74 Å². The molecule has 30 heavy (non-hydrogen) atoms. The number of hydrogen-bond acceptors (Lipinski definition) is 4. The van der Waals surface area contributed by atoms with Gasteiger partial charge in [-0.15, -0.1) is 0 Å². The maximum absolute atomic E-state index is 13.2. The van der Waals surface area contributed by atoms with Crippen LogP contribution in [0.1, 0.15) is 16.8 Å². The molecular formula is C22H22FN3O4. The molecule has 0 aliphatic carbocycles. The molecule has 8 heteroatoms. The van der Waals surface area contributed by atoms with Gasteiger partial charge in [0.15, 0.2) is 0 Å². The second-order valence-corrected chi connectivity index (χ2v) is 7.32. The normalized spacial score (nSPS) is 19.1. The van der Waals surface area contributed by atoms with Gasteiger partial charge in [0.1, 0.15) is 5.82 Å². The minimum atomic E-state index is -0.561. The van der Waals surface area contributed by atoms with Gasteiger partial charge in [0.05, 0.1) is 30.4 Å². The summed E-state index contributed by atoms with van der Waals surface area (Å²) in [6.45, 7) is 2.19. The number of carbonyl (C=O) groups excluding carboxylic acids is 3. The van der Waals surface area contributed by atoms with Gasteiger partial charge in [0, 0.05) is 31.7 Å². The number of rotatable bonds is 4. The zero-order valence-corrected chi connectivity index (χ0v) is 16.3. The summed E-state index contributed by atoms with van der Waals surface area (Å²) in [5.74, 6) is -1.63. The number of para-hydroxylation sites is 1. The van der Waals surface area contributed by atoms with E-state index in [1.807, 2.05) is 0 Å². The van der Waals surface area contributed by atoms with E-state index in [0.717, 1.165) is 0 Å². The van der Waals surface area contributed by atoms with Gasteiger partial charge in [0.25, 0.3) is 5.91 Å². The van der Waals surface area contributed by atoms with E-state index in [1.54, 1.807) is 29.2 Å². The van der Waals surface area contributed by atoms with Crippen molar-refractivity contribution in [1.82, 2.24) is 4.90 Å². The molecule has 0 spiro atoms. The van der Waals surface area contributed by atoms with Crippen LogP contribution in [-0.4, -0.2) is 55.5 Å². The molecule has 156 valence electrons. The van der Waals surface area contributed by atoms with Gasteiger partial charge in [-0.05, 0) is 36.4 Å². The number of nitrogens with one attached hydrogen (secondary N) is 1. The summed E-state index contributed by atoms with van der Waals surface area (Å²) in [6, 6.07) is 12.5. The standard InChI is InChI=1S/C22H22FN3O4/c23-16-5-7-17(8-6-16)26-14-15(13-20(26)27)21(28)24-19-4-2-1-3-18(19)22(29)25-9-11-30-12-10-25/h1-8,15H,9-14H2,(H,24,28)/t15-/m1/s1. The van der Waals surface area contributed by atoms with Crippen molar-refractivity contribution in [1.29, 1.82) is 0 Å². The smallest absolute Gasteiger partial charge is 0.256 e. The molecule has 2 aromatic carbocycles. The van der Waals surface area contributed by atoms with E-state index in [2.05, 4.69) is 5.32 Å². The van der Waals surface area contributed by atoms with Crippen molar-refractivity contribution in [2.45, 2.75) is 6.42 Å². The Kier molecular flexibility index (Phi) is 5.76. The lowest BCUT2D eigenvalue weighted by Gasteiger charge is -2.27. The van der Waals surface area contributed by atoms with Gasteiger partial charge in [0.2, 0.25) is 11.8 Å². The highest BCUT2D eigenvalue weighted by Crippen LogP contribution is 2.27. The SMILES string of the molecule is O=C(Nc1ccccc1C(=O)N1CCOCC1)[C@@H]1CC(=O)N(c2ccc(F)cc2)C1. The molecule has 1 atom stereocenters. The summed E-state index contributed by atoms with van der Waals surface area (Å²) in [5, 5.41) is 2.82. The second kappa shape index (κ2) is 8.62. The molecule has 7 nitrogen and oxygen atoms in total. The number of morpholine rings is 1. The summed E-state index contributed by atoms with van der Waals surface area (Å²) in [6.07, 6.45) is 0.0583. The molecule has 2 heterocycles. The predicted octanol–water partition coefficient (Wildman–Crippen LogP) is 2.29. The molecule has 0 unspecified atom stereocenters. The highest BCUT2D eigenvalue weighted by Gasteiger charge is 2.35. The van der Waals surface area contributed by atoms with Crippen LogP contribution in [0.5, 0.6) is 0 Å². The van der Waals surface area contributed by atoms with Gasteiger partial charge in [-0.25, -0.2) is 4.39 Å². The largest absolute Gasteiger partial charge is 0.378 e. The Hall–Kier alpha value is -3.26. The van der Waals surface area contributed by atoms with Gasteiger partial charge < -0.3 is 19.9 Å². The minimum absolute atomic E-state index is 0.0583. The maximum Gasteiger partial charge on any atom is 0.256 e. The first-order valence-electron chi connectivity index (χ1n) is 9.86. The van der Waals surface area contributed by atoms with E-state index in [9.17, 15) is 18.8 Å². The van der Waals surface area contributed by atoms with E-state index in [1.165, 1.54) is 29.2 Å². The van der Waals surface area contributed by atoms with Gasteiger partial charge in [-0.3, -0.25) is 14.4 Å². The van der Waals surface area contributed by atoms with Gasteiger partial charge >= 0.3 is 0 Å². The van der Waals surface area contributed by atoms with Crippen LogP contribution in [0.25, 0.3) is 0 Å². The topological polar surface area (TPSA) is 79.0 Å². The molecule has 2 aromatic rings. The highest BCUT2D eigenvalue weighted by molar-refractivity contribution is 6.07. The van der Waals surface area contributed by atoms with Crippen LogP contribution >= 0.6 is 0 Å². The number of amides is 3. The second-order valence-electron chi connectivity index (χ2n) is 7.32. The lowest BCUT2D eigenvalue weighted by Crippen LogP contribution is -2.41. The third kappa shape index (κ3) is 4.18. The summed E-state index contributed by atoms with van der Waals surface area (Å²) < 4.78 is 18.4. The molecule has 1 N–H and O–H groups in total. The quantitative estimate of drug-likeness (QED) is 0.837. The Morgan fingerprint density at radius 1 is 1.03 bits per heavy atom. The first-order valence-corrected chi connectivity index (χ1v) is 9.86. The number of carbonyl (C=O) groups is 3. The van der Waals surface area contributed by atoms with Crippen molar-refractivity contribution in [3.05, 3.63) is 59.9 Å². The van der Waals surface area contributed by atoms with Gasteiger partial charge in [-0.1, -0.05) is 12.1 Å². The minimum Gasteiger partial charge on any atom is -0.378 e. The van der Waals surface area contributed by atoms with Crippen LogP contribution in [0.3, 0.4) is 0 Å². The molecule has 4 rings (SSSR count). The Labute approximate surface area is 173 Å². The molecule has 0 saturated carbocycles. The Morgan fingerprint density at radius 3 is 2.47 bits per heavy atom. The van der Waals surface area contributed by atoms with Gasteiger partial charge in [-0.2, -0.15) is 0 Å². The number of hydrogen-bond donors (Lipinski definition) is 1. The van der Waals surface area contributed by atoms with Crippen LogP contribution in [-0.2, 0) is 14.3 Å². The van der Waals surface area contributed by atoms with Crippen molar-refractivity contribution < 1.29 is 23.5 Å². The molecule has 3 amide bonds. The van der Waals surface area contributed by atoms with Crippen molar-refractivity contribution >= 4 is 29.1 Å². The fourth-order valence-electron chi connectivity index (χ4n) is 3.70. The van der Waals surface area contributed by atoms with Crippen LogP contribution in [0, 0.1) is 11.7 Å². The van der Waals surface area contributed by atoms with Crippen LogP contribution in [0.4, 0.5) is 15.8 Å². The lowest BCUT2D eigenvalue weighted by atomic mass is 10.1. The number of ether oxygens (including phenoxy) is 1. The fraction of sp³-hybridized carbons (Fsp3) is 0.318. The molecule has 0 bridgehead atoms. The van der Waals surface area contributed by atoms with E-state index < -0.39 is 5.92 Å². The van der Waals surface area contributed by atoms with Crippen LogP contribution in [0.15, 0.2) is 48.5 Å². The van der Waals surface area contributed by atoms with E-state index in [-0.39, 0.29) is 36.5 Å². The summed E-state index contributed by atoms with van der Waals surface area (Å²) in [5.41, 5.74) is 1.39. The van der Waals surface area contributed by atoms with Crippen LogP contribution in [0.2, 0.25) is 0 Å². The Morgan fingerprint density at radius 2 is 1.73 bits per heavy atom. The molecule has 2 saturated heterocycles. The third-order valence-electron chi connectivity index (χ3n) is 5.35. The Balaban J connectivity index is 1.46. The molecule has 0 aromatic heterocycles. The molecule has 2 fully saturated rings. The first-order chi connectivity index (χ1) is 14.5. The average molecular weight is 411 g/mol. The van der Waals surface area contributed by atoms with Crippen molar-refractivity contribution in [2.24, 2.45) is 5.92 Å². The summed E-state index contributed by atoms with van der Waals surface area (Å²) in [4.78, 5) is 41.3. The molecular weight excluding hydrogens is 389 g/mol. The lowest BCUT2D eigenvalue weighted by molar-refractivity contribution is -0.122. The number of anilines is 2. The number of halogens is 1. The van der Waals surface area contributed by atoms with E-state index in [0.29, 0.717) is 43.2 Å². The third-order valence-corrected chi connectivity index (χ3v) is 5.35. The molecule has 0 radical (unpaired) electrons. The summed E-state index contributed by atoms with van der Waals surface area (Å²) in [7, 11) is 0. The first kappa shape index (κ1) is 20.0. The maximum atomic E-state index is 13.2. The van der Waals surface area contributed by atoms with Crippen molar-refractivity contribution in [3.8, 4) is 0 Å². The predicted molar refractivity (Wildman–Crippen MR) is 109 cm³/mol. The highest BCUT2D eigenvalue weighted by atomic mass is 19.1. The van der Waals surface area contributed by atoms with Crippen LogP contribution < -0.4 is 10.2 Å². The molecule has 2 aliphatic heterocycles. The van der Waals surface area contributed by atoms with Crippen molar-refractivity contribution in [2.75, 3.05) is 43.1 Å². The fourth-order valence-corrected chi connectivity index (χ4v) is 3.70. The Bertz CT molecular complexity index is 957. The zero-order valence-electron chi connectivity index (χ0n) is 16.3. The number of benzene rings is 2. The molecule has 2 aliphatic rings. The summed E-state index contributed by atoms with van der Waals surface area (Å²) >= 11 is 0.